The van der Waals surface area contributed by atoms with Crippen molar-refractivity contribution in [1.29, 1.82) is 0 Å². The van der Waals surface area contributed by atoms with Gasteiger partial charge in [0.15, 0.2) is 6.61 Å². The van der Waals surface area contributed by atoms with E-state index in [4.69, 9.17) is 20.9 Å². The summed E-state index contributed by atoms with van der Waals surface area (Å²) >= 11 is 6.60. The largest absolute Gasteiger partial charge is 0.484 e. The second-order valence-corrected chi connectivity index (χ2v) is 8.82. The van der Waals surface area contributed by atoms with Gasteiger partial charge in [-0.05, 0) is 56.4 Å². The number of fused-ring (bicyclic) bond motifs is 1. The molecule has 1 aliphatic carbocycles. The number of hydrogen-bond acceptors (Lipinski definition) is 6. The normalized spacial score (nSPS) is 15.7. The molecule has 32 heavy (non-hydrogen) atoms. The van der Waals surface area contributed by atoms with Crippen LogP contribution in [0.15, 0.2) is 27.5 Å². The van der Waals surface area contributed by atoms with Crippen LogP contribution >= 0.6 is 11.6 Å². The summed E-state index contributed by atoms with van der Waals surface area (Å²) in [7, 11) is 0. The standard InChI is InChI=1S/C23H23ClN4O4/c1-12-9-13(2)25-21(29)16(12)10-28-8-7-14-5-6-17(20(24)19(14)23(28)30)31-11-18-26-22(32-27-18)15-3-4-15/h5-6,9,15H,3-4,7-8,10-11H2,1-2H3,(H,25,29). The molecule has 166 valence electrons. The Morgan fingerprint density at radius 2 is 2.09 bits per heavy atom. The zero-order valence-electron chi connectivity index (χ0n) is 17.9. The van der Waals surface area contributed by atoms with E-state index in [0.717, 1.165) is 29.7 Å². The Kier molecular flexibility index (Phi) is 5.25. The highest BCUT2D eigenvalue weighted by atomic mass is 35.5. The molecule has 1 saturated carbocycles. The van der Waals surface area contributed by atoms with Crippen LogP contribution in [0.1, 0.15) is 63.2 Å². The predicted octanol–water partition coefficient (Wildman–Crippen LogP) is 3.68. The molecular weight excluding hydrogens is 432 g/mol. The first-order chi connectivity index (χ1) is 15.4. The highest BCUT2D eigenvalue weighted by Crippen LogP contribution is 2.39. The Morgan fingerprint density at radius 1 is 1.28 bits per heavy atom. The SMILES string of the molecule is Cc1cc(C)c(CN2CCc3ccc(OCc4noc(C5CC5)n4)c(Cl)c3C2=O)c(=O)[nH]1. The molecule has 1 aliphatic heterocycles. The van der Waals surface area contributed by atoms with E-state index in [0.29, 0.717) is 47.5 Å². The number of halogens is 1. The van der Waals surface area contributed by atoms with E-state index >= 15 is 0 Å². The van der Waals surface area contributed by atoms with Gasteiger partial charge < -0.3 is 19.1 Å². The Hall–Kier alpha value is -3.13. The fraction of sp³-hybridized carbons (Fsp3) is 0.391. The molecule has 0 radical (unpaired) electrons. The number of nitrogens with one attached hydrogen (secondary N) is 1. The first-order valence-electron chi connectivity index (χ1n) is 10.7. The fourth-order valence-electron chi connectivity index (χ4n) is 4.05. The quantitative estimate of drug-likeness (QED) is 0.609. The van der Waals surface area contributed by atoms with Gasteiger partial charge in [0, 0.05) is 23.7 Å². The van der Waals surface area contributed by atoms with Crippen molar-refractivity contribution in [3.63, 3.8) is 0 Å². The van der Waals surface area contributed by atoms with Gasteiger partial charge in [-0.1, -0.05) is 22.8 Å². The van der Waals surface area contributed by atoms with Crippen LogP contribution in [-0.4, -0.2) is 32.5 Å². The lowest BCUT2D eigenvalue weighted by Gasteiger charge is -2.30. The minimum absolute atomic E-state index is 0.102. The number of benzene rings is 1. The summed E-state index contributed by atoms with van der Waals surface area (Å²) in [5, 5.41) is 4.21. The molecule has 3 heterocycles. The number of rotatable bonds is 6. The van der Waals surface area contributed by atoms with Gasteiger partial charge >= 0.3 is 0 Å². The van der Waals surface area contributed by atoms with Crippen LogP contribution < -0.4 is 10.3 Å². The number of carbonyl (C=O) groups excluding carboxylic acids is 1. The number of pyridine rings is 1. The maximum atomic E-state index is 13.3. The molecule has 3 aromatic rings. The number of aromatic nitrogens is 3. The van der Waals surface area contributed by atoms with Gasteiger partial charge in [-0.15, -0.1) is 0 Å². The second-order valence-electron chi connectivity index (χ2n) is 8.44. The van der Waals surface area contributed by atoms with Gasteiger partial charge in [0.1, 0.15) is 5.75 Å². The first-order valence-corrected chi connectivity index (χ1v) is 11.0. The second kappa shape index (κ2) is 8.09. The molecule has 5 rings (SSSR count). The fourth-order valence-corrected chi connectivity index (χ4v) is 4.37. The summed E-state index contributed by atoms with van der Waals surface area (Å²) in [6, 6.07) is 5.53. The van der Waals surface area contributed by atoms with Crippen molar-refractivity contribution in [3.05, 3.63) is 73.2 Å². The number of amides is 1. The van der Waals surface area contributed by atoms with Crippen molar-refractivity contribution in [1.82, 2.24) is 20.0 Å². The Bertz CT molecular complexity index is 1260. The van der Waals surface area contributed by atoms with Crippen molar-refractivity contribution in [2.75, 3.05) is 6.54 Å². The third kappa shape index (κ3) is 3.90. The summed E-state index contributed by atoms with van der Waals surface area (Å²) in [4.78, 5) is 34.5. The van der Waals surface area contributed by atoms with E-state index in [9.17, 15) is 9.59 Å². The molecule has 0 bridgehead atoms. The van der Waals surface area contributed by atoms with Crippen molar-refractivity contribution in [2.24, 2.45) is 0 Å². The smallest absolute Gasteiger partial charge is 0.256 e. The molecule has 0 unspecified atom stereocenters. The number of aromatic amines is 1. The van der Waals surface area contributed by atoms with Crippen LogP contribution in [-0.2, 0) is 19.6 Å². The monoisotopic (exact) mass is 454 g/mol. The molecule has 1 fully saturated rings. The number of aryl methyl sites for hydroxylation is 2. The van der Waals surface area contributed by atoms with E-state index in [1.54, 1.807) is 11.0 Å². The van der Waals surface area contributed by atoms with Crippen LogP contribution in [0.2, 0.25) is 5.02 Å². The highest BCUT2D eigenvalue weighted by Gasteiger charge is 2.31. The highest BCUT2D eigenvalue weighted by molar-refractivity contribution is 6.35. The summed E-state index contributed by atoms with van der Waals surface area (Å²) in [5.41, 5.74) is 3.35. The van der Waals surface area contributed by atoms with Gasteiger partial charge in [-0.3, -0.25) is 9.59 Å². The summed E-state index contributed by atoms with van der Waals surface area (Å²) in [6.07, 6.45) is 2.80. The maximum Gasteiger partial charge on any atom is 0.256 e. The van der Waals surface area contributed by atoms with Crippen LogP contribution in [0.3, 0.4) is 0 Å². The third-order valence-corrected chi connectivity index (χ3v) is 6.33. The summed E-state index contributed by atoms with van der Waals surface area (Å²) in [6.45, 7) is 4.56. The topological polar surface area (TPSA) is 101 Å². The number of carbonyl (C=O) groups is 1. The number of ether oxygens (including phenoxy) is 1. The van der Waals surface area contributed by atoms with Crippen molar-refractivity contribution < 1.29 is 14.1 Å². The van der Waals surface area contributed by atoms with E-state index in [1.165, 1.54) is 0 Å². The minimum Gasteiger partial charge on any atom is -0.484 e. The van der Waals surface area contributed by atoms with Crippen molar-refractivity contribution in [3.8, 4) is 5.75 Å². The van der Waals surface area contributed by atoms with E-state index in [-0.39, 0.29) is 29.6 Å². The van der Waals surface area contributed by atoms with E-state index < -0.39 is 0 Å². The molecule has 2 aromatic heterocycles. The summed E-state index contributed by atoms with van der Waals surface area (Å²) < 4.78 is 11.1. The van der Waals surface area contributed by atoms with Crippen molar-refractivity contribution in [2.45, 2.75) is 52.2 Å². The molecule has 8 nitrogen and oxygen atoms in total. The van der Waals surface area contributed by atoms with Crippen LogP contribution in [0.25, 0.3) is 0 Å². The molecule has 1 aromatic carbocycles. The van der Waals surface area contributed by atoms with Gasteiger partial charge in [-0.25, -0.2) is 0 Å². The minimum atomic E-state index is -0.211. The molecule has 0 spiro atoms. The van der Waals surface area contributed by atoms with Gasteiger partial charge in [0.25, 0.3) is 11.5 Å². The first kappa shape index (κ1) is 20.8. The third-order valence-electron chi connectivity index (χ3n) is 5.95. The average Bonchev–Trinajstić information content (AvgIpc) is 3.49. The van der Waals surface area contributed by atoms with Crippen LogP contribution in [0.5, 0.6) is 5.75 Å². The Labute approximate surface area is 189 Å². The van der Waals surface area contributed by atoms with Crippen LogP contribution in [0, 0.1) is 13.8 Å². The van der Waals surface area contributed by atoms with Crippen LogP contribution in [0.4, 0.5) is 0 Å². The molecule has 2 aliphatic rings. The molecular formula is C23H23ClN4O4. The average molecular weight is 455 g/mol. The molecule has 1 N–H and O–H groups in total. The van der Waals surface area contributed by atoms with Gasteiger partial charge in [-0.2, -0.15) is 4.98 Å². The lowest BCUT2D eigenvalue weighted by Crippen LogP contribution is -2.39. The number of nitrogens with zero attached hydrogens (tertiary/aromatic N) is 3. The maximum absolute atomic E-state index is 13.3. The molecule has 9 heteroatoms. The molecule has 0 saturated heterocycles. The Morgan fingerprint density at radius 3 is 2.84 bits per heavy atom. The van der Waals surface area contributed by atoms with Crippen molar-refractivity contribution >= 4 is 17.5 Å². The molecule has 1 amide bonds. The lowest BCUT2D eigenvalue weighted by molar-refractivity contribution is 0.0725. The number of hydrogen-bond donors (Lipinski definition) is 1. The zero-order valence-corrected chi connectivity index (χ0v) is 18.7. The predicted molar refractivity (Wildman–Crippen MR) is 117 cm³/mol. The van der Waals surface area contributed by atoms with Gasteiger partial charge in [0.2, 0.25) is 11.7 Å². The zero-order chi connectivity index (χ0) is 22.4. The Balaban J connectivity index is 1.35. The lowest BCUT2D eigenvalue weighted by atomic mass is 9.97. The summed E-state index contributed by atoms with van der Waals surface area (Å²) in [5.74, 6) is 1.64. The molecule has 0 atom stereocenters. The van der Waals surface area contributed by atoms with Gasteiger partial charge in [0.05, 0.1) is 17.1 Å². The van der Waals surface area contributed by atoms with E-state index in [2.05, 4.69) is 15.1 Å². The number of H-pyrrole nitrogens is 1. The van der Waals surface area contributed by atoms with E-state index in [1.807, 2.05) is 26.0 Å².